The predicted octanol–water partition coefficient (Wildman–Crippen LogP) is 1.60. The Morgan fingerprint density at radius 1 is 1.50 bits per heavy atom. The highest BCUT2D eigenvalue weighted by Crippen LogP contribution is 2.10. The Labute approximate surface area is 94.8 Å². The summed E-state index contributed by atoms with van der Waals surface area (Å²) in [6.45, 7) is 5.70. The monoisotopic (exact) mass is 224 g/mol. The SMILES string of the molecule is Cc1ccc(F)c(C(=O)NCC(C)(C)N)c1. The van der Waals surface area contributed by atoms with E-state index in [1.165, 1.54) is 12.1 Å². The number of halogens is 1. The summed E-state index contributed by atoms with van der Waals surface area (Å²) in [5.41, 5.74) is 6.12. The van der Waals surface area contributed by atoms with E-state index in [9.17, 15) is 9.18 Å². The average Bonchev–Trinajstić information content (AvgIpc) is 2.17. The summed E-state index contributed by atoms with van der Waals surface area (Å²) in [6, 6.07) is 4.44. The summed E-state index contributed by atoms with van der Waals surface area (Å²) >= 11 is 0. The van der Waals surface area contributed by atoms with Gasteiger partial charge in [-0.25, -0.2) is 4.39 Å². The van der Waals surface area contributed by atoms with Crippen LogP contribution in [0.5, 0.6) is 0 Å². The first-order valence-corrected chi connectivity index (χ1v) is 5.13. The molecule has 0 unspecified atom stereocenters. The Bertz CT molecular complexity index is 396. The molecule has 1 aromatic carbocycles. The van der Waals surface area contributed by atoms with E-state index < -0.39 is 17.3 Å². The molecule has 0 aliphatic rings. The lowest BCUT2D eigenvalue weighted by molar-refractivity contribution is 0.0942. The number of aryl methyl sites for hydroxylation is 1. The fourth-order valence-corrected chi connectivity index (χ4v) is 1.22. The molecule has 16 heavy (non-hydrogen) atoms. The molecule has 1 rings (SSSR count). The van der Waals surface area contributed by atoms with Crippen LogP contribution in [0.2, 0.25) is 0 Å². The minimum Gasteiger partial charge on any atom is -0.350 e. The topological polar surface area (TPSA) is 55.1 Å². The number of carbonyl (C=O) groups is 1. The van der Waals surface area contributed by atoms with Crippen molar-refractivity contribution in [3.8, 4) is 0 Å². The van der Waals surface area contributed by atoms with Crippen LogP contribution in [0.25, 0.3) is 0 Å². The number of nitrogens with one attached hydrogen (secondary N) is 1. The van der Waals surface area contributed by atoms with Gasteiger partial charge in [-0.1, -0.05) is 11.6 Å². The molecule has 0 aliphatic carbocycles. The van der Waals surface area contributed by atoms with E-state index in [1.54, 1.807) is 19.9 Å². The second-order valence-corrected chi connectivity index (χ2v) is 4.65. The van der Waals surface area contributed by atoms with Crippen molar-refractivity contribution in [1.29, 1.82) is 0 Å². The van der Waals surface area contributed by atoms with Crippen molar-refractivity contribution < 1.29 is 9.18 Å². The molecule has 0 spiro atoms. The molecule has 0 bridgehead atoms. The van der Waals surface area contributed by atoms with Crippen molar-refractivity contribution in [3.05, 3.63) is 35.1 Å². The Morgan fingerprint density at radius 2 is 2.12 bits per heavy atom. The van der Waals surface area contributed by atoms with Gasteiger partial charge in [0.25, 0.3) is 5.91 Å². The maximum atomic E-state index is 13.3. The zero-order valence-electron chi connectivity index (χ0n) is 9.80. The molecule has 3 nitrogen and oxygen atoms in total. The maximum Gasteiger partial charge on any atom is 0.254 e. The number of benzene rings is 1. The number of nitrogens with two attached hydrogens (primary N) is 1. The Morgan fingerprint density at radius 3 is 2.69 bits per heavy atom. The molecule has 0 radical (unpaired) electrons. The van der Waals surface area contributed by atoms with Gasteiger partial charge in [0.15, 0.2) is 0 Å². The molecule has 88 valence electrons. The smallest absolute Gasteiger partial charge is 0.254 e. The summed E-state index contributed by atoms with van der Waals surface area (Å²) in [6.07, 6.45) is 0. The van der Waals surface area contributed by atoms with Gasteiger partial charge in [-0.05, 0) is 32.9 Å². The number of hydrogen-bond donors (Lipinski definition) is 2. The first-order valence-electron chi connectivity index (χ1n) is 5.13. The van der Waals surface area contributed by atoms with E-state index in [2.05, 4.69) is 5.32 Å². The molecular formula is C12H17FN2O. The van der Waals surface area contributed by atoms with E-state index >= 15 is 0 Å². The van der Waals surface area contributed by atoms with Gasteiger partial charge < -0.3 is 11.1 Å². The average molecular weight is 224 g/mol. The summed E-state index contributed by atoms with van der Waals surface area (Å²) < 4.78 is 13.3. The zero-order chi connectivity index (χ0) is 12.3. The minimum atomic E-state index is -0.516. The lowest BCUT2D eigenvalue weighted by atomic mass is 10.1. The van der Waals surface area contributed by atoms with Crippen LogP contribution in [0.15, 0.2) is 18.2 Å². The van der Waals surface area contributed by atoms with E-state index in [0.29, 0.717) is 6.54 Å². The van der Waals surface area contributed by atoms with Crippen LogP contribution in [-0.4, -0.2) is 18.0 Å². The highest BCUT2D eigenvalue weighted by Gasteiger charge is 2.15. The first kappa shape index (κ1) is 12.6. The van der Waals surface area contributed by atoms with E-state index in [0.717, 1.165) is 5.56 Å². The largest absolute Gasteiger partial charge is 0.350 e. The van der Waals surface area contributed by atoms with E-state index in [-0.39, 0.29) is 5.56 Å². The summed E-state index contributed by atoms with van der Waals surface area (Å²) in [5.74, 6) is -0.947. The third-order valence-corrected chi connectivity index (χ3v) is 2.07. The summed E-state index contributed by atoms with van der Waals surface area (Å²) in [7, 11) is 0. The first-order chi connectivity index (χ1) is 7.29. The third-order valence-electron chi connectivity index (χ3n) is 2.07. The van der Waals surface area contributed by atoms with Crippen LogP contribution in [0, 0.1) is 12.7 Å². The molecule has 0 fully saturated rings. The van der Waals surface area contributed by atoms with Crippen LogP contribution in [0.3, 0.4) is 0 Å². The highest BCUT2D eigenvalue weighted by atomic mass is 19.1. The fourth-order valence-electron chi connectivity index (χ4n) is 1.22. The van der Waals surface area contributed by atoms with Crippen LogP contribution >= 0.6 is 0 Å². The Kier molecular flexibility index (Phi) is 3.65. The molecule has 0 aromatic heterocycles. The van der Waals surface area contributed by atoms with Crippen molar-refractivity contribution in [2.45, 2.75) is 26.3 Å². The maximum absolute atomic E-state index is 13.3. The second-order valence-electron chi connectivity index (χ2n) is 4.65. The predicted molar refractivity (Wildman–Crippen MR) is 61.7 cm³/mol. The van der Waals surface area contributed by atoms with Crippen molar-refractivity contribution in [1.82, 2.24) is 5.32 Å². The quantitative estimate of drug-likeness (QED) is 0.819. The highest BCUT2D eigenvalue weighted by molar-refractivity contribution is 5.94. The Balaban J connectivity index is 2.77. The van der Waals surface area contributed by atoms with Crippen molar-refractivity contribution in [2.24, 2.45) is 5.73 Å². The van der Waals surface area contributed by atoms with Gasteiger partial charge in [0, 0.05) is 12.1 Å². The van der Waals surface area contributed by atoms with Crippen LogP contribution < -0.4 is 11.1 Å². The van der Waals surface area contributed by atoms with Crippen molar-refractivity contribution in [3.63, 3.8) is 0 Å². The third kappa shape index (κ3) is 3.62. The molecule has 0 atom stereocenters. The molecular weight excluding hydrogens is 207 g/mol. The van der Waals surface area contributed by atoms with Crippen LogP contribution in [0.4, 0.5) is 4.39 Å². The van der Waals surface area contributed by atoms with Gasteiger partial charge in [-0.2, -0.15) is 0 Å². The molecule has 0 heterocycles. The standard InChI is InChI=1S/C12H17FN2O/c1-8-4-5-10(13)9(6-8)11(16)15-7-12(2,3)14/h4-6H,7,14H2,1-3H3,(H,15,16). The lowest BCUT2D eigenvalue weighted by Crippen LogP contribution is -2.45. The van der Waals surface area contributed by atoms with Gasteiger partial charge in [0.1, 0.15) is 5.82 Å². The number of rotatable bonds is 3. The second kappa shape index (κ2) is 4.61. The van der Waals surface area contributed by atoms with Crippen molar-refractivity contribution >= 4 is 5.91 Å². The Hall–Kier alpha value is -1.42. The number of hydrogen-bond acceptors (Lipinski definition) is 2. The molecule has 3 N–H and O–H groups in total. The van der Waals surface area contributed by atoms with Crippen molar-refractivity contribution in [2.75, 3.05) is 6.54 Å². The van der Waals surface area contributed by atoms with Crippen LogP contribution in [0.1, 0.15) is 29.8 Å². The van der Waals surface area contributed by atoms with Gasteiger partial charge in [0.2, 0.25) is 0 Å². The van der Waals surface area contributed by atoms with Gasteiger partial charge >= 0.3 is 0 Å². The lowest BCUT2D eigenvalue weighted by Gasteiger charge is -2.19. The molecule has 0 saturated heterocycles. The molecule has 0 saturated carbocycles. The normalized spacial score (nSPS) is 11.3. The number of carbonyl (C=O) groups excluding carboxylic acids is 1. The number of amides is 1. The molecule has 1 amide bonds. The van der Waals surface area contributed by atoms with E-state index in [1.807, 2.05) is 6.92 Å². The van der Waals surface area contributed by atoms with E-state index in [4.69, 9.17) is 5.73 Å². The zero-order valence-corrected chi connectivity index (χ0v) is 9.80. The molecule has 4 heteroatoms. The summed E-state index contributed by atoms with van der Waals surface area (Å²) in [4.78, 5) is 11.7. The summed E-state index contributed by atoms with van der Waals surface area (Å²) in [5, 5.41) is 2.60. The fraction of sp³-hybridized carbons (Fsp3) is 0.417. The van der Waals surface area contributed by atoms with Crippen LogP contribution in [-0.2, 0) is 0 Å². The van der Waals surface area contributed by atoms with Gasteiger partial charge in [-0.15, -0.1) is 0 Å². The minimum absolute atomic E-state index is 0.0595. The molecule has 0 aliphatic heterocycles. The molecule has 1 aromatic rings. The van der Waals surface area contributed by atoms with Gasteiger partial charge in [-0.3, -0.25) is 4.79 Å². The van der Waals surface area contributed by atoms with Gasteiger partial charge in [0.05, 0.1) is 5.56 Å².